The van der Waals surface area contributed by atoms with Crippen LogP contribution in [-0.4, -0.2) is 43.3 Å². The van der Waals surface area contributed by atoms with Gasteiger partial charge in [-0.2, -0.15) is 0 Å². The standard InChI is InChI=1S/C28H33N5O5/c1-17(18-7-4-3-5-8-18)37-28(36)29-16-23-26(31-32-33(23)2)22-13-14-24(25(30-22)19-11-12-19)38-21-10-6-9-20(15-21)27(34)35/h3-5,7-8,13-14,17,19-21H,6,9-12,15-16H2,1-2H3,(H,29,36)(H,34,35)/t17-,20+,21+/m1/s1. The van der Waals surface area contributed by atoms with Crippen molar-refractivity contribution in [1.82, 2.24) is 25.3 Å². The number of nitrogens with zero attached hydrogens (tertiary/aromatic N) is 4. The number of rotatable bonds is 9. The molecule has 0 bridgehead atoms. The monoisotopic (exact) mass is 519 g/mol. The number of hydrogen-bond donors (Lipinski definition) is 2. The smallest absolute Gasteiger partial charge is 0.408 e. The van der Waals surface area contributed by atoms with Gasteiger partial charge in [0, 0.05) is 13.0 Å². The SMILES string of the molecule is C[C@@H](OC(=O)NCc1c(-c2ccc(O[C@H]3CCC[C@H](C(=O)O)C3)c(C3CC3)n2)nnn1C)c1ccccc1. The molecule has 38 heavy (non-hydrogen) atoms. The summed E-state index contributed by atoms with van der Waals surface area (Å²) >= 11 is 0. The minimum Gasteiger partial charge on any atom is -0.488 e. The summed E-state index contributed by atoms with van der Waals surface area (Å²) in [5.41, 5.74) is 3.73. The van der Waals surface area contributed by atoms with E-state index in [4.69, 9.17) is 14.5 Å². The molecule has 200 valence electrons. The van der Waals surface area contributed by atoms with Gasteiger partial charge < -0.3 is 19.9 Å². The van der Waals surface area contributed by atoms with Crippen LogP contribution in [0.1, 0.15) is 74.4 Å². The summed E-state index contributed by atoms with van der Waals surface area (Å²) in [6.07, 6.45) is 3.93. The van der Waals surface area contributed by atoms with Gasteiger partial charge in [0.1, 0.15) is 17.5 Å². The van der Waals surface area contributed by atoms with Crippen molar-refractivity contribution in [1.29, 1.82) is 0 Å². The Morgan fingerprint density at radius 1 is 1.13 bits per heavy atom. The Morgan fingerprint density at radius 3 is 2.66 bits per heavy atom. The number of amides is 1. The van der Waals surface area contributed by atoms with E-state index in [2.05, 4.69) is 15.6 Å². The molecule has 2 N–H and O–H groups in total. The van der Waals surface area contributed by atoms with E-state index in [9.17, 15) is 14.7 Å². The fourth-order valence-corrected chi connectivity index (χ4v) is 4.92. The Balaban J connectivity index is 1.28. The molecule has 2 aliphatic carbocycles. The first-order valence-electron chi connectivity index (χ1n) is 13.2. The molecule has 1 amide bonds. The predicted molar refractivity (Wildman–Crippen MR) is 138 cm³/mol. The van der Waals surface area contributed by atoms with Crippen LogP contribution in [0.3, 0.4) is 0 Å². The van der Waals surface area contributed by atoms with Crippen molar-refractivity contribution < 1.29 is 24.2 Å². The van der Waals surface area contributed by atoms with Gasteiger partial charge in [0.15, 0.2) is 0 Å². The maximum atomic E-state index is 12.5. The van der Waals surface area contributed by atoms with E-state index in [-0.39, 0.29) is 24.7 Å². The zero-order chi connectivity index (χ0) is 26.6. The lowest BCUT2D eigenvalue weighted by atomic mass is 9.87. The molecule has 0 radical (unpaired) electrons. The van der Waals surface area contributed by atoms with Crippen LogP contribution >= 0.6 is 0 Å². The van der Waals surface area contributed by atoms with Crippen molar-refractivity contribution in [3.8, 4) is 17.1 Å². The third kappa shape index (κ3) is 5.95. The van der Waals surface area contributed by atoms with Gasteiger partial charge in [0.25, 0.3) is 0 Å². The van der Waals surface area contributed by atoms with Gasteiger partial charge >= 0.3 is 12.1 Å². The highest BCUT2D eigenvalue weighted by Gasteiger charge is 2.33. The molecule has 0 unspecified atom stereocenters. The summed E-state index contributed by atoms with van der Waals surface area (Å²) in [7, 11) is 1.77. The van der Waals surface area contributed by atoms with Crippen LogP contribution in [0.2, 0.25) is 0 Å². The number of carbonyl (C=O) groups is 2. The Morgan fingerprint density at radius 2 is 1.92 bits per heavy atom. The van der Waals surface area contributed by atoms with Gasteiger partial charge in [-0.15, -0.1) is 5.10 Å². The number of benzene rings is 1. The number of aromatic nitrogens is 4. The van der Waals surface area contributed by atoms with E-state index in [1.807, 2.05) is 49.4 Å². The number of carboxylic acids is 1. The number of carbonyl (C=O) groups excluding carboxylic acids is 1. The van der Waals surface area contributed by atoms with Gasteiger partial charge in [0.05, 0.1) is 35.6 Å². The fraction of sp³-hybridized carbons (Fsp3) is 0.464. The first kappa shape index (κ1) is 25.7. The normalized spacial score (nSPS) is 19.9. The number of hydrogen-bond acceptors (Lipinski definition) is 7. The first-order valence-corrected chi connectivity index (χ1v) is 13.2. The minimum absolute atomic E-state index is 0.129. The second-order valence-corrected chi connectivity index (χ2v) is 10.1. The summed E-state index contributed by atoms with van der Waals surface area (Å²) in [4.78, 5) is 28.9. The number of aryl methyl sites for hydroxylation is 1. The molecule has 3 aromatic rings. The topological polar surface area (TPSA) is 128 Å². The molecular formula is C28H33N5O5. The Bertz CT molecular complexity index is 1290. The zero-order valence-corrected chi connectivity index (χ0v) is 21.7. The molecule has 10 heteroatoms. The lowest BCUT2D eigenvalue weighted by molar-refractivity contribution is -0.143. The highest BCUT2D eigenvalue weighted by Crippen LogP contribution is 2.44. The van der Waals surface area contributed by atoms with Gasteiger partial charge in [0.2, 0.25) is 0 Å². The van der Waals surface area contributed by atoms with Crippen LogP contribution in [0.5, 0.6) is 5.75 Å². The quantitative estimate of drug-likeness (QED) is 0.414. The third-order valence-electron chi connectivity index (χ3n) is 7.26. The van der Waals surface area contributed by atoms with Gasteiger partial charge in [-0.25, -0.2) is 14.5 Å². The number of alkyl carbamates (subject to hydrolysis) is 1. The summed E-state index contributed by atoms with van der Waals surface area (Å²) in [5.74, 6) is -0.0791. The van der Waals surface area contributed by atoms with Crippen molar-refractivity contribution in [2.24, 2.45) is 13.0 Å². The summed E-state index contributed by atoms with van der Waals surface area (Å²) in [5, 5.41) is 20.7. The van der Waals surface area contributed by atoms with Crippen LogP contribution < -0.4 is 10.1 Å². The predicted octanol–water partition coefficient (Wildman–Crippen LogP) is 4.76. The maximum Gasteiger partial charge on any atom is 0.408 e. The summed E-state index contributed by atoms with van der Waals surface area (Å²) in [6.45, 7) is 2.00. The lowest BCUT2D eigenvalue weighted by Crippen LogP contribution is -2.29. The average Bonchev–Trinajstić information content (AvgIpc) is 3.70. The van der Waals surface area contributed by atoms with Crippen LogP contribution in [0.15, 0.2) is 42.5 Å². The highest BCUT2D eigenvalue weighted by molar-refractivity contribution is 5.70. The Hall–Kier alpha value is -3.95. The molecule has 3 atom stereocenters. The molecule has 10 nitrogen and oxygen atoms in total. The summed E-state index contributed by atoms with van der Waals surface area (Å²) in [6, 6.07) is 13.3. The number of pyridine rings is 1. The molecule has 0 spiro atoms. The molecule has 5 rings (SSSR count). The first-order chi connectivity index (χ1) is 18.4. The maximum absolute atomic E-state index is 12.5. The Labute approximate surface area is 221 Å². The van der Waals surface area contributed by atoms with Crippen LogP contribution in [-0.2, 0) is 23.1 Å². The molecule has 2 heterocycles. The largest absolute Gasteiger partial charge is 0.488 e. The molecular weight excluding hydrogens is 486 g/mol. The number of aliphatic carboxylic acids is 1. The summed E-state index contributed by atoms with van der Waals surface area (Å²) < 4.78 is 13.4. The zero-order valence-electron chi connectivity index (χ0n) is 21.7. The molecule has 1 aromatic carbocycles. The van der Waals surface area contributed by atoms with E-state index in [1.54, 1.807) is 11.7 Å². The number of nitrogens with one attached hydrogen (secondary N) is 1. The molecule has 2 aliphatic rings. The van der Waals surface area contributed by atoms with Crippen LogP contribution in [0.4, 0.5) is 4.79 Å². The van der Waals surface area contributed by atoms with E-state index in [0.29, 0.717) is 41.6 Å². The van der Waals surface area contributed by atoms with E-state index >= 15 is 0 Å². The van der Waals surface area contributed by atoms with Crippen LogP contribution in [0, 0.1) is 5.92 Å². The van der Waals surface area contributed by atoms with E-state index in [0.717, 1.165) is 36.9 Å². The number of ether oxygens (including phenoxy) is 2. The molecule has 0 aliphatic heterocycles. The molecule has 2 fully saturated rings. The second kappa shape index (κ2) is 11.2. The lowest BCUT2D eigenvalue weighted by Gasteiger charge is -2.28. The van der Waals surface area contributed by atoms with Crippen molar-refractivity contribution in [2.45, 2.75) is 70.1 Å². The molecule has 2 aromatic heterocycles. The van der Waals surface area contributed by atoms with E-state index in [1.165, 1.54) is 0 Å². The van der Waals surface area contributed by atoms with Crippen molar-refractivity contribution in [3.05, 3.63) is 59.4 Å². The van der Waals surface area contributed by atoms with Crippen molar-refractivity contribution >= 4 is 12.1 Å². The van der Waals surface area contributed by atoms with Crippen LogP contribution in [0.25, 0.3) is 11.4 Å². The average molecular weight is 520 g/mol. The highest BCUT2D eigenvalue weighted by atomic mass is 16.6. The fourth-order valence-electron chi connectivity index (χ4n) is 4.92. The Kier molecular flexibility index (Phi) is 7.57. The molecule has 0 saturated heterocycles. The van der Waals surface area contributed by atoms with Gasteiger partial charge in [-0.1, -0.05) is 35.5 Å². The third-order valence-corrected chi connectivity index (χ3v) is 7.26. The second-order valence-electron chi connectivity index (χ2n) is 10.1. The minimum atomic E-state index is -0.753. The van der Waals surface area contributed by atoms with Crippen molar-refractivity contribution in [2.75, 3.05) is 0 Å². The van der Waals surface area contributed by atoms with Gasteiger partial charge in [-0.05, 0) is 63.1 Å². The number of carboxylic acid groups (broad SMARTS) is 1. The van der Waals surface area contributed by atoms with Crippen molar-refractivity contribution in [3.63, 3.8) is 0 Å². The molecule has 2 saturated carbocycles. The van der Waals surface area contributed by atoms with Gasteiger partial charge in [-0.3, -0.25) is 4.79 Å². The van der Waals surface area contributed by atoms with E-state index < -0.39 is 12.1 Å².